The molecule has 0 aliphatic rings. The third-order valence-electron chi connectivity index (χ3n) is 0.598. The Bertz CT molecular complexity index is 173. The second kappa shape index (κ2) is 3.41. The quantitative estimate of drug-likeness (QED) is 0.385. The summed E-state index contributed by atoms with van der Waals surface area (Å²) in [5.41, 5.74) is 0. The van der Waals surface area contributed by atoms with Crippen LogP contribution in [0.1, 0.15) is 0 Å². The van der Waals surface area contributed by atoms with Crippen molar-refractivity contribution in [1.82, 2.24) is 10.5 Å². The highest BCUT2D eigenvalue weighted by atomic mass is 32.2. The van der Waals surface area contributed by atoms with Crippen molar-refractivity contribution in [2.24, 2.45) is 0 Å². The van der Waals surface area contributed by atoms with E-state index in [1.165, 1.54) is 0 Å². The van der Waals surface area contributed by atoms with Gasteiger partial charge in [0.05, 0.1) is 5.75 Å². The molecule has 0 saturated carbocycles. The van der Waals surface area contributed by atoms with E-state index in [1.807, 2.05) is 0 Å². The molecule has 0 aromatic rings. The van der Waals surface area contributed by atoms with Gasteiger partial charge in [-0.3, -0.25) is 4.79 Å². The van der Waals surface area contributed by atoms with Crippen LogP contribution >= 0.6 is 0 Å². The van der Waals surface area contributed by atoms with Gasteiger partial charge in [-0.25, -0.2) is 8.42 Å². The second-order valence-electron chi connectivity index (χ2n) is 1.39. The summed E-state index contributed by atoms with van der Waals surface area (Å²) in [6.45, 7) is 0.00926. The van der Waals surface area contributed by atoms with Gasteiger partial charge in [0.25, 0.3) is 0 Å². The molecule has 5 nitrogen and oxygen atoms in total. The van der Waals surface area contributed by atoms with Crippen molar-refractivity contribution in [3.05, 3.63) is 0 Å². The zero-order valence-electron chi connectivity index (χ0n) is 4.62. The molecule has 0 aromatic heterocycles. The molecule has 0 bridgehead atoms. The second-order valence-corrected chi connectivity index (χ2v) is 3.03. The topological polar surface area (TPSA) is 87.0 Å². The minimum absolute atomic E-state index is 0.00926. The van der Waals surface area contributed by atoms with Crippen molar-refractivity contribution in [2.75, 3.05) is 12.3 Å². The van der Waals surface area contributed by atoms with Gasteiger partial charge in [0, 0.05) is 6.54 Å². The van der Waals surface area contributed by atoms with Crippen LogP contribution < -0.4 is 10.5 Å². The molecule has 0 aliphatic heterocycles. The third kappa shape index (κ3) is 7.38. The average Bonchev–Trinajstić information content (AvgIpc) is 1.63. The minimum atomic E-state index is -3.67. The van der Waals surface area contributed by atoms with Gasteiger partial charge in [-0.2, -0.15) is 0 Å². The van der Waals surface area contributed by atoms with E-state index in [0.717, 1.165) is 0 Å². The lowest BCUT2D eigenvalue weighted by atomic mass is 10.8. The minimum Gasteiger partial charge on any atom is -0.358 e. The highest BCUT2D eigenvalue weighted by molar-refractivity contribution is 7.88. The van der Waals surface area contributed by atoms with Crippen molar-refractivity contribution in [1.29, 1.82) is 0 Å². The molecule has 1 radical (unpaired) electrons. The van der Waals surface area contributed by atoms with E-state index in [1.54, 1.807) is 0 Å². The first-order valence-corrected chi connectivity index (χ1v) is 3.86. The summed E-state index contributed by atoms with van der Waals surface area (Å²) in [5.74, 6) is -0.328. The molecular weight excluding hydrogens is 144 g/mol. The maximum absolute atomic E-state index is 10.0. The van der Waals surface area contributed by atoms with Crippen molar-refractivity contribution >= 4 is 16.4 Å². The molecule has 0 aliphatic carbocycles. The van der Waals surface area contributed by atoms with Crippen molar-refractivity contribution in [2.45, 2.75) is 0 Å². The molecule has 9 heavy (non-hydrogen) atoms. The Morgan fingerprint density at radius 3 is 2.44 bits per heavy atom. The molecule has 0 aromatic carbocycles. The van der Waals surface area contributed by atoms with Crippen LogP contribution in [0.3, 0.4) is 0 Å². The Balaban J connectivity index is 3.40. The molecule has 0 rings (SSSR count). The number of nitrogens with one attached hydrogen (secondary N) is 2. The number of carbonyl (C=O) groups is 1. The van der Waals surface area contributed by atoms with Gasteiger partial charge in [0.2, 0.25) is 16.4 Å². The summed E-state index contributed by atoms with van der Waals surface area (Å²) < 4.78 is 20.0. The van der Waals surface area contributed by atoms with Crippen LogP contribution in [0.4, 0.5) is 0 Å². The van der Waals surface area contributed by atoms with Gasteiger partial charge < -0.3 is 5.32 Å². The molecule has 0 spiro atoms. The lowest BCUT2D eigenvalue weighted by molar-refractivity contribution is -0.109. The standard InChI is InChI=1S/C3H7N2O3S/c4-9(7,8)2-1-5-3-6/h3-4H,1-2H2,(H,5,6). The highest BCUT2D eigenvalue weighted by Gasteiger charge is 2.00. The third-order valence-corrected chi connectivity index (χ3v) is 1.34. The van der Waals surface area contributed by atoms with Crippen LogP contribution in [0.15, 0.2) is 0 Å². The van der Waals surface area contributed by atoms with E-state index in [9.17, 15) is 13.2 Å². The first kappa shape index (κ1) is 8.38. The van der Waals surface area contributed by atoms with Gasteiger partial charge in [0.1, 0.15) is 0 Å². The molecule has 2 N–H and O–H groups in total. The van der Waals surface area contributed by atoms with Gasteiger partial charge in [-0.15, -0.1) is 5.14 Å². The Morgan fingerprint density at radius 1 is 1.56 bits per heavy atom. The van der Waals surface area contributed by atoms with E-state index in [-0.39, 0.29) is 12.3 Å². The molecule has 0 unspecified atom stereocenters. The van der Waals surface area contributed by atoms with Crippen LogP contribution in [0, 0.1) is 0 Å². The number of carbonyl (C=O) groups excluding carboxylic acids is 1. The summed E-state index contributed by atoms with van der Waals surface area (Å²) in [6.07, 6.45) is 0.394. The highest BCUT2D eigenvalue weighted by Crippen LogP contribution is 1.74. The van der Waals surface area contributed by atoms with Crippen molar-refractivity contribution < 1.29 is 13.2 Å². The molecule has 0 saturated heterocycles. The van der Waals surface area contributed by atoms with E-state index >= 15 is 0 Å². The van der Waals surface area contributed by atoms with Crippen molar-refractivity contribution in [3.8, 4) is 0 Å². The Hall–Kier alpha value is -0.620. The molecule has 0 heterocycles. The predicted molar refractivity (Wildman–Crippen MR) is 31.0 cm³/mol. The van der Waals surface area contributed by atoms with E-state index in [2.05, 4.69) is 5.32 Å². The van der Waals surface area contributed by atoms with E-state index in [4.69, 9.17) is 5.14 Å². The van der Waals surface area contributed by atoms with Crippen LogP contribution in [-0.2, 0) is 14.8 Å². The normalized spacial score (nSPS) is 10.8. The van der Waals surface area contributed by atoms with Gasteiger partial charge in [0.15, 0.2) is 0 Å². The van der Waals surface area contributed by atoms with Crippen LogP contribution in [0.2, 0.25) is 0 Å². The van der Waals surface area contributed by atoms with Crippen LogP contribution in [0.5, 0.6) is 0 Å². The smallest absolute Gasteiger partial charge is 0.226 e. The number of hydrogen-bond donors (Lipinski definition) is 1. The molecule has 0 fully saturated rings. The Morgan fingerprint density at radius 2 is 2.11 bits per heavy atom. The SMILES string of the molecule is [NH]S(=O)(=O)CCNC=O. The summed E-state index contributed by atoms with van der Waals surface area (Å²) >= 11 is 0. The van der Waals surface area contributed by atoms with Gasteiger partial charge in [-0.05, 0) is 0 Å². The number of sulfonamides is 1. The molecule has 1 amide bonds. The zero-order valence-corrected chi connectivity index (χ0v) is 5.44. The zero-order chi connectivity index (χ0) is 7.33. The van der Waals surface area contributed by atoms with Crippen LogP contribution in [-0.4, -0.2) is 27.1 Å². The molecule has 53 valence electrons. The first-order valence-electron chi connectivity index (χ1n) is 2.20. The predicted octanol–water partition coefficient (Wildman–Crippen LogP) is -1.65. The summed E-state index contributed by atoms with van der Waals surface area (Å²) in [5, 5.41) is 8.45. The maximum atomic E-state index is 10.0. The van der Waals surface area contributed by atoms with E-state index in [0.29, 0.717) is 6.41 Å². The largest absolute Gasteiger partial charge is 0.358 e. The molecular formula is C3H7N2O3S. The maximum Gasteiger partial charge on any atom is 0.226 e. The fourth-order valence-electron chi connectivity index (χ4n) is 0.252. The monoisotopic (exact) mass is 151 g/mol. The van der Waals surface area contributed by atoms with Crippen molar-refractivity contribution in [3.63, 3.8) is 0 Å². The van der Waals surface area contributed by atoms with Gasteiger partial charge >= 0.3 is 0 Å². The fourth-order valence-corrected chi connectivity index (χ4v) is 0.639. The summed E-state index contributed by atoms with van der Waals surface area (Å²) in [4.78, 5) is 9.52. The first-order chi connectivity index (χ1) is 4.06. The molecule has 6 heteroatoms. The summed E-state index contributed by atoms with van der Waals surface area (Å²) in [7, 11) is -3.67. The van der Waals surface area contributed by atoms with E-state index < -0.39 is 10.0 Å². The fraction of sp³-hybridized carbons (Fsp3) is 0.667. The average molecular weight is 151 g/mol. The van der Waals surface area contributed by atoms with Crippen LogP contribution in [0.25, 0.3) is 0 Å². The Kier molecular flexibility index (Phi) is 3.18. The number of amides is 1. The summed E-state index contributed by atoms with van der Waals surface area (Å²) in [6, 6.07) is 0. The number of rotatable bonds is 4. The number of hydrogen-bond acceptors (Lipinski definition) is 3. The lowest BCUT2D eigenvalue weighted by Crippen LogP contribution is -2.21. The Labute approximate surface area is 53.3 Å². The lowest BCUT2D eigenvalue weighted by Gasteiger charge is -1.93. The molecule has 0 atom stereocenters. The van der Waals surface area contributed by atoms with Gasteiger partial charge in [-0.1, -0.05) is 0 Å².